The molecule has 1 amide bonds. The maximum atomic E-state index is 12.4. The molecule has 1 aliphatic rings. The van der Waals surface area contributed by atoms with Gasteiger partial charge in [0.15, 0.2) is 0 Å². The highest BCUT2D eigenvalue weighted by Crippen LogP contribution is 2.40. The fourth-order valence-corrected chi connectivity index (χ4v) is 4.09. The molecule has 0 bridgehead atoms. The molecular formula is C18H18ClNO3S. The summed E-state index contributed by atoms with van der Waals surface area (Å²) < 4.78 is 10.6. The number of hydrogen-bond acceptors (Lipinski definition) is 4. The minimum absolute atomic E-state index is 0.0339. The lowest BCUT2D eigenvalue weighted by molar-refractivity contribution is -0.128. The van der Waals surface area contributed by atoms with Crippen molar-refractivity contribution < 1.29 is 14.3 Å². The van der Waals surface area contributed by atoms with Crippen LogP contribution in [-0.4, -0.2) is 30.8 Å². The number of amides is 1. The van der Waals surface area contributed by atoms with Gasteiger partial charge in [-0.05, 0) is 35.4 Å². The van der Waals surface area contributed by atoms with Gasteiger partial charge < -0.3 is 14.4 Å². The lowest BCUT2D eigenvalue weighted by Gasteiger charge is -2.25. The number of thioether (sulfide) groups is 1. The number of methoxy groups -OCH3 is 2. The van der Waals surface area contributed by atoms with Crippen molar-refractivity contribution in [3.05, 3.63) is 58.6 Å². The number of nitrogens with zero attached hydrogens (tertiary/aromatic N) is 1. The van der Waals surface area contributed by atoms with Crippen LogP contribution in [0.2, 0.25) is 5.02 Å². The van der Waals surface area contributed by atoms with E-state index in [0.717, 1.165) is 11.1 Å². The Labute approximate surface area is 150 Å². The van der Waals surface area contributed by atoms with E-state index < -0.39 is 0 Å². The number of ether oxygens (including phenoxy) is 2. The van der Waals surface area contributed by atoms with Gasteiger partial charge in [0, 0.05) is 17.6 Å². The van der Waals surface area contributed by atoms with Gasteiger partial charge in [-0.1, -0.05) is 23.7 Å². The zero-order valence-electron chi connectivity index (χ0n) is 13.5. The number of carbonyl (C=O) groups is 1. The molecule has 3 rings (SSSR count). The maximum Gasteiger partial charge on any atom is 0.234 e. The van der Waals surface area contributed by atoms with Crippen LogP contribution in [0, 0.1) is 0 Å². The highest BCUT2D eigenvalue weighted by molar-refractivity contribution is 8.00. The molecule has 6 heteroatoms. The molecule has 0 aliphatic carbocycles. The Hall–Kier alpha value is -1.85. The van der Waals surface area contributed by atoms with Crippen molar-refractivity contribution in [2.45, 2.75) is 11.9 Å². The summed E-state index contributed by atoms with van der Waals surface area (Å²) in [7, 11) is 3.23. The van der Waals surface area contributed by atoms with Crippen LogP contribution >= 0.6 is 23.4 Å². The van der Waals surface area contributed by atoms with Crippen LogP contribution in [0.4, 0.5) is 0 Å². The molecule has 2 aromatic carbocycles. The molecule has 1 heterocycles. The van der Waals surface area contributed by atoms with Gasteiger partial charge in [-0.3, -0.25) is 4.79 Å². The van der Waals surface area contributed by atoms with Crippen LogP contribution in [0.1, 0.15) is 16.5 Å². The average Bonchev–Trinajstić information content (AvgIpc) is 2.95. The Balaban J connectivity index is 1.88. The van der Waals surface area contributed by atoms with Crippen molar-refractivity contribution in [1.82, 2.24) is 4.90 Å². The summed E-state index contributed by atoms with van der Waals surface area (Å²) >= 11 is 7.72. The summed E-state index contributed by atoms with van der Waals surface area (Å²) in [5, 5.41) is 0.642. The fraction of sp³-hybridized carbons (Fsp3) is 0.278. The van der Waals surface area contributed by atoms with E-state index in [1.54, 1.807) is 26.0 Å². The summed E-state index contributed by atoms with van der Waals surface area (Å²) in [5.41, 5.74) is 2.00. The normalized spacial score (nSPS) is 17.2. The number of rotatable bonds is 5. The van der Waals surface area contributed by atoms with Crippen molar-refractivity contribution in [3.63, 3.8) is 0 Å². The van der Waals surface area contributed by atoms with Gasteiger partial charge in [-0.2, -0.15) is 0 Å². The monoisotopic (exact) mass is 363 g/mol. The number of hydrogen-bond donors (Lipinski definition) is 0. The first-order valence-electron chi connectivity index (χ1n) is 7.49. The Morgan fingerprint density at radius 3 is 2.50 bits per heavy atom. The first kappa shape index (κ1) is 17.0. The molecule has 0 N–H and O–H groups in total. The van der Waals surface area contributed by atoms with Gasteiger partial charge in [-0.25, -0.2) is 0 Å². The highest BCUT2D eigenvalue weighted by atomic mass is 35.5. The van der Waals surface area contributed by atoms with Gasteiger partial charge in [-0.15, -0.1) is 11.8 Å². The van der Waals surface area contributed by atoms with Gasteiger partial charge in [0.1, 0.15) is 16.9 Å². The molecule has 126 valence electrons. The minimum Gasteiger partial charge on any atom is -0.497 e. The van der Waals surface area contributed by atoms with Gasteiger partial charge in [0.2, 0.25) is 5.91 Å². The zero-order chi connectivity index (χ0) is 17.1. The van der Waals surface area contributed by atoms with Crippen LogP contribution in [0.15, 0.2) is 42.5 Å². The SMILES string of the molecule is COc1cc(CN2C(=O)CSC2c2cccc(Cl)c2)cc(OC)c1. The first-order chi connectivity index (χ1) is 11.6. The second-order valence-electron chi connectivity index (χ2n) is 5.46. The molecule has 1 atom stereocenters. The quantitative estimate of drug-likeness (QED) is 0.800. The second kappa shape index (κ2) is 7.36. The Bertz CT molecular complexity index is 731. The molecule has 1 unspecified atom stereocenters. The fourth-order valence-electron chi connectivity index (χ4n) is 2.72. The van der Waals surface area contributed by atoms with Crippen molar-refractivity contribution >= 4 is 29.3 Å². The van der Waals surface area contributed by atoms with E-state index in [9.17, 15) is 4.79 Å². The Morgan fingerprint density at radius 1 is 1.17 bits per heavy atom. The summed E-state index contributed by atoms with van der Waals surface area (Å²) in [6, 6.07) is 13.3. The average molecular weight is 364 g/mol. The molecular weight excluding hydrogens is 346 g/mol. The molecule has 0 spiro atoms. The van der Waals surface area contributed by atoms with Crippen LogP contribution in [-0.2, 0) is 11.3 Å². The third kappa shape index (κ3) is 3.62. The topological polar surface area (TPSA) is 38.8 Å². The second-order valence-corrected chi connectivity index (χ2v) is 6.97. The minimum atomic E-state index is -0.0339. The van der Waals surface area contributed by atoms with E-state index in [1.165, 1.54) is 0 Å². The van der Waals surface area contributed by atoms with Crippen molar-refractivity contribution in [3.8, 4) is 11.5 Å². The third-order valence-electron chi connectivity index (χ3n) is 3.87. The van der Waals surface area contributed by atoms with E-state index in [0.29, 0.717) is 28.8 Å². The molecule has 24 heavy (non-hydrogen) atoms. The summed E-state index contributed by atoms with van der Waals surface area (Å²) in [5.74, 6) is 2.01. The summed E-state index contributed by atoms with van der Waals surface area (Å²) in [6.07, 6.45) is 0. The first-order valence-corrected chi connectivity index (χ1v) is 8.92. The Kier molecular flexibility index (Phi) is 5.21. The van der Waals surface area contributed by atoms with Crippen LogP contribution in [0.25, 0.3) is 0 Å². The molecule has 4 nitrogen and oxygen atoms in total. The van der Waals surface area contributed by atoms with Crippen molar-refractivity contribution in [2.24, 2.45) is 0 Å². The zero-order valence-corrected chi connectivity index (χ0v) is 15.1. The number of halogens is 1. The largest absolute Gasteiger partial charge is 0.497 e. The number of benzene rings is 2. The van der Waals surface area contributed by atoms with E-state index in [1.807, 2.05) is 47.4 Å². The lowest BCUT2D eigenvalue weighted by Crippen LogP contribution is -2.27. The number of carbonyl (C=O) groups excluding carboxylic acids is 1. The molecule has 0 aromatic heterocycles. The maximum absolute atomic E-state index is 12.4. The van der Waals surface area contributed by atoms with E-state index in [-0.39, 0.29) is 11.3 Å². The predicted molar refractivity (Wildman–Crippen MR) is 96.7 cm³/mol. The van der Waals surface area contributed by atoms with E-state index in [2.05, 4.69) is 0 Å². The summed E-state index contributed by atoms with van der Waals surface area (Å²) in [4.78, 5) is 14.2. The van der Waals surface area contributed by atoms with Crippen molar-refractivity contribution in [2.75, 3.05) is 20.0 Å². The van der Waals surface area contributed by atoms with Crippen LogP contribution in [0.3, 0.4) is 0 Å². The molecule has 1 fully saturated rings. The summed E-state index contributed by atoms with van der Waals surface area (Å²) in [6.45, 7) is 0.497. The van der Waals surface area contributed by atoms with Crippen LogP contribution < -0.4 is 9.47 Å². The Morgan fingerprint density at radius 2 is 1.88 bits per heavy atom. The molecule has 1 saturated heterocycles. The van der Waals surface area contributed by atoms with E-state index >= 15 is 0 Å². The lowest BCUT2D eigenvalue weighted by atomic mass is 10.1. The van der Waals surface area contributed by atoms with Crippen LogP contribution in [0.5, 0.6) is 11.5 Å². The van der Waals surface area contributed by atoms with Gasteiger partial charge >= 0.3 is 0 Å². The smallest absolute Gasteiger partial charge is 0.234 e. The molecule has 0 saturated carbocycles. The highest BCUT2D eigenvalue weighted by Gasteiger charge is 2.33. The third-order valence-corrected chi connectivity index (χ3v) is 5.36. The van der Waals surface area contributed by atoms with Crippen molar-refractivity contribution in [1.29, 1.82) is 0 Å². The molecule has 1 aliphatic heterocycles. The molecule has 2 aromatic rings. The molecule has 0 radical (unpaired) electrons. The van der Waals surface area contributed by atoms with E-state index in [4.69, 9.17) is 21.1 Å². The standard InChI is InChI=1S/C18H18ClNO3S/c1-22-15-6-12(7-16(9-15)23-2)10-20-17(21)11-24-18(20)13-4-3-5-14(19)8-13/h3-9,18H,10-11H2,1-2H3. The predicted octanol–water partition coefficient (Wildman–Crippen LogP) is 4.13. The van der Waals surface area contributed by atoms with Gasteiger partial charge in [0.25, 0.3) is 0 Å². The van der Waals surface area contributed by atoms with Gasteiger partial charge in [0.05, 0.1) is 20.0 Å².